The zero-order valence-electron chi connectivity index (χ0n) is 16.3. The van der Waals surface area contributed by atoms with E-state index in [1.807, 2.05) is 102 Å². The molecule has 146 valence electrons. The van der Waals surface area contributed by atoms with Crippen molar-refractivity contribution in [3.63, 3.8) is 0 Å². The van der Waals surface area contributed by atoms with E-state index in [-0.39, 0.29) is 17.9 Å². The molecule has 30 heavy (non-hydrogen) atoms. The molecule has 0 radical (unpaired) electrons. The molecule has 0 bridgehead atoms. The van der Waals surface area contributed by atoms with Crippen molar-refractivity contribution in [3.8, 4) is 0 Å². The lowest BCUT2D eigenvalue weighted by atomic mass is 9.78. The predicted molar refractivity (Wildman–Crippen MR) is 122 cm³/mol. The molecular weight excluding hydrogens is 390 g/mol. The lowest BCUT2D eigenvalue weighted by Crippen LogP contribution is -2.44. The van der Waals surface area contributed by atoms with Gasteiger partial charge < -0.3 is 0 Å². The van der Waals surface area contributed by atoms with Crippen LogP contribution < -0.4 is 4.90 Å². The first-order valence-corrected chi connectivity index (χ1v) is 10.4. The maximum absolute atomic E-state index is 14.1. The third-order valence-corrected chi connectivity index (χ3v) is 5.91. The number of fused-ring (bicyclic) bond motifs is 1. The van der Waals surface area contributed by atoms with Gasteiger partial charge >= 0.3 is 0 Å². The number of halogens is 1. The fourth-order valence-electron chi connectivity index (χ4n) is 4.38. The van der Waals surface area contributed by atoms with E-state index in [0.717, 1.165) is 27.9 Å². The molecule has 0 fully saturated rings. The Morgan fingerprint density at radius 2 is 1.20 bits per heavy atom. The van der Waals surface area contributed by atoms with Gasteiger partial charge in [-0.1, -0.05) is 96.5 Å². The Hall–Kier alpha value is -3.36. The molecule has 2 nitrogen and oxygen atoms in total. The molecular formula is C27H20ClNO. The largest absolute Gasteiger partial charge is 0.300 e. The summed E-state index contributed by atoms with van der Waals surface area (Å²) < 4.78 is 0. The molecule has 0 N–H and O–H groups in total. The van der Waals surface area contributed by atoms with Gasteiger partial charge in [0, 0.05) is 10.7 Å². The minimum atomic E-state index is -0.376. The van der Waals surface area contributed by atoms with Crippen LogP contribution in [0.4, 0.5) is 5.69 Å². The molecule has 0 spiro atoms. The minimum Gasteiger partial charge on any atom is -0.300 e. The molecule has 1 aliphatic rings. The smallest absolute Gasteiger partial charge is 0.239 e. The third kappa shape index (κ3) is 3.20. The molecule has 0 aromatic heterocycles. The second-order valence-corrected chi connectivity index (χ2v) is 7.91. The van der Waals surface area contributed by atoms with Crippen molar-refractivity contribution in [1.29, 1.82) is 0 Å². The summed E-state index contributed by atoms with van der Waals surface area (Å²) in [6.45, 7) is 0. The average Bonchev–Trinajstić information content (AvgIpc) is 2.80. The number of carbonyl (C=O) groups excluding carboxylic acids is 1. The van der Waals surface area contributed by atoms with Gasteiger partial charge in [0.15, 0.2) is 0 Å². The van der Waals surface area contributed by atoms with Crippen LogP contribution in [-0.2, 0) is 4.79 Å². The molecule has 5 rings (SSSR count). The van der Waals surface area contributed by atoms with Gasteiger partial charge in [-0.15, -0.1) is 0 Å². The number of para-hydroxylation sites is 1. The molecule has 1 amide bonds. The standard InChI is InChI=1S/C27H20ClNO/c28-21-16-17-23-24(18-21)26(20-12-6-2-7-13-20)29(22-14-8-3-9-15-22)27(30)25(23)19-10-4-1-5-11-19/h1-18,25-26H/t25-,26-/m0/s1. The van der Waals surface area contributed by atoms with Gasteiger partial charge in [-0.3, -0.25) is 9.69 Å². The number of carbonyl (C=O) groups is 1. The molecule has 1 heterocycles. The van der Waals surface area contributed by atoms with Gasteiger partial charge in [0.25, 0.3) is 0 Å². The Bertz CT molecular complexity index is 1180. The van der Waals surface area contributed by atoms with Crippen LogP contribution in [0.15, 0.2) is 109 Å². The average molecular weight is 410 g/mol. The first kappa shape index (κ1) is 18.7. The number of rotatable bonds is 3. The van der Waals surface area contributed by atoms with Crippen LogP contribution in [0.2, 0.25) is 5.02 Å². The SMILES string of the molecule is O=C1[C@@H](c2ccccc2)c2ccc(Cl)cc2[C@H](c2ccccc2)N1c1ccccc1. The Labute approximate surface area is 181 Å². The predicted octanol–water partition coefficient (Wildman–Crippen LogP) is 6.61. The summed E-state index contributed by atoms with van der Waals surface area (Å²) in [7, 11) is 0. The number of anilines is 1. The summed E-state index contributed by atoms with van der Waals surface area (Å²) in [6.07, 6.45) is 0. The molecule has 2 atom stereocenters. The minimum absolute atomic E-state index is 0.0658. The lowest BCUT2D eigenvalue weighted by Gasteiger charge is -2.41. The lowest BCUT2D eigenvalue weighted by molar-refractivity contribution is -0.120. The number of hydrogen-bond acceptors (Lipinski definition) is 1. The molecule has 3 heteroatoms. The Morgan fingerprint density at radius 3 is 1.83 bits per heavy atom. The summed E-state index contributed by atoms with van der Waals surface area (Å²) in [6, 6.07) is 35.7. The van der Waals surface area contributed by atoms with E-state index in [1.165, 1.54) is 0 Å². The Morgan fingerprint density at radius 1 is 0.633 bits per heavy atom. The van der Waals surface area contributed by atoms with Crippen LogP contribution in [0, 0.1) is 0 Å². The van der Waals surface area contributed by atoms with Crippen molar-refractivity contribution in [3.05, 3.63) is 136 Å². The van der Waals surface area contributed by atoms with Gasteiger partial charge in [0.1, 0.15) is 0 Å². The Kier molecular flexibility index (Phi) is 4.86. The van der Waals surface area contributed by atoms with Crippen LogP contribution >= 0.6 is 11.6 Å². The second-order valence-electron chi connectivity index (χ2n) is 7.47. The molecule has 0 unspecified atom stereocenters. The highest BCUT2D eigenvalue weighted by Gasteiger charge is 2.41. The second kappa shape index (κ2) is 7.81. The topological polar surface area (TPSA) is 20.3 Å². The molecule has 0 aliphatic carbocycles. The van der Waals surface area contributed by atoms with Gasteiger partial charge in [-0.05, 0) is 46.5 Å². The van der Waals surface area contributed by atoms with Crippen molar-refractivity contribution < 1.29 is 4.79 Å². The van der Waals surface area contributed by atoms with Crippen LogP contribution in [-0.4, -0.2) is 5.91 Å². The van der Waals surface area contributed by atoms with E-state index in [1.54, 1.807) is 0 Å². The quantitative estimate of drug-likeness (QED) is 0.373. The summed E-state index contributed by atoms with van der Waals surface area (Å²) in [5.41, 5.74) is 4.99. The summed E-state index contributed by atoms with van der Waals surface area (Å²) >= 11 is 6.45. The highest BCUT2D eigenvalue weighted by atomic mass is 35.5. The Balaban J connectivity index is 1.80. The first-order chi connectivity index (χ1) is 14.7. The normalized spacial score (nSPS) is 18.2. The van der Waals surface area contributed by atoms with E-state index < -0.39 is 0 Å². The maximum Gasteiger partial charge on any atom is 0.239 e. The van der Waals surface area contributed by atoms with Crippen molar-refractivity contribution in [2.45, 2.75) is 12.0 Å². The number of nitrogens with zero attached hydrogens (tertiary/aromatic N) is 1. The number of hydrogen-bond donors (Lipinski definition) is 0. The van der Waals surface area contributed by atoms with Gasteiger partial charge in [0.05, 0.1) is 12.0 Å². The van der Waals surface area contributed by atoms with Crippen molar-refractivity contribution in [1.82, 2.24) is 0 Å². The molecule has 0 saturated heterocycles. The zero-order chi connectivity index (χ0) is 20.5. The maximum atomic E-state index is 14.1. The van der Waals surface area contributed by atoms with E-state index in [2.05, 4.69) is 12.1 Å². The summed E-state index contributed by atoms with van der Waals surface area (Å²) in [5, 5.41) is 0.670. The highest BCUT2D eigenvalue weighted by Crippen LogP contribution is 2.46. The fourth-order valence-corrected chi connectivity index (χ4v) is 4.56. The van der Waals surface area contributed by atoms with Crippen LogP contribution in [0.3, 0.4) is 0 Å². The van der Waals surface area contributed by atoms with E-state index in [0.29, 0.717) is 5.02 Å². The number of benzene rings is 4. The van der Waals surface area contributed by atoms with E-state index in [9.17, 15) is 4.79 Å². The first-order valence-electron chi connectivity index (χ1n) is 10.0. The zero-order valence-corrected chi connectivity index (χ0v) is 17.0. The van der Waals surface area contributed by atoms with Crippen LogP contribution in [0.5, 0.6) is 0 Å². The van der Waals surface area contributed by atoms with E-state index >= 15 is 0 Å². The van der Waals surface area contributed by atoms with Crippen molar-refractivity contribution in [2.75, 3.05) is 4.90 Å². The third-order valence-electron chi connectivity index (χ3n) is 5.68. The molecule has 4 aromatic carbocycles. The summed E-state index contributed by atoms with van der Waals surface area (Å²) in [4.78, 5) is 16.0. The van der Waals surface area contributed by atoms with Crippen LogP contribution in [0.25, 0.3) is 0 Å². The summed E-state index contributed by atoms with van der Waals surface area (Å²) in [5.74, 6) is -0.310. The van der Waals surface area contributed by atoms with Gasteiger partial charge in [-0.25, -0.2) is 0 Å². The van der Waals surface area contributed by atoms with Crippen molar-refractivity contribution in [2.24, 2.45) is 0 Å². The van der Waals surface area contributed by atoms with E-state index in [4.69, 9.17) is 11.6 Å². The molecule has 1 aliphatic heterocycles. The van der Waals surface area contributed by atoms with Gasteiger partial charge in [0.2, 0.25) is 5.91 Å². The van der Waals surface area contributed by atoms with Crippen LogP contribution in [0.1, 0.15) is 34.2 Å². The highest BCUT2D eigenvalue weighted by molar-refractivity contribution is 6.30. The molecule has 0 saturated carbocycles. The van der Waals surface area contributed by atoms with Crippen molar-refractivity contribution >= 4 is 23.2 Å². The number of amides is 1. The fraction of sp³-hybridized carbons (Fsp3) is 0.0741. The monoisotopic (exact) mass is 409 g/mol. The van der Waals surface area contributed by atoms with Gasteiger partial charge in [-0.2, -0.15) is 0 Å². The molecule has 4 aromatic rings.